The van der Waals surface area contributed by atoms with E-state index in [1.807, 2.05) is 121 Å². The number of hydrogen-bond donors (Lipinski definition) is 8. The highest BCUT2D eigenvalue weighted by Crippen LogP contribution is 2.55. The van der Waals surface area contributed by atoms with E-state index in [1.165, 1.54) is 46.0 Å². The van der Waals surface area contributed by atoms with Gasteiger partial charge in [0.2, 0.25) is 23.6 Å². The molecule has 4 saturated heterocycles. The highest BCUT2D eigenvalue weighted by molar-refractivity contribution is 7.14. The van der Waals surface area contributed by atoms with Gasteiger partial charge in [-0.1, -0.05) is 91.4 Å². The summed E-state index contributed by atoms with van der Waals surface area (Å²) in [6.45, 7) is 31.5. The fourth-order valence-corrected chi connectivity index (χ4v) is 21.4. The first-order valence-corrected chi connectivity index (χ1v) is 48.8. The molecule has 4 aromatic heterocycles. The molecule has 10 fully saturated rings. The van der Waals surface area contributed by atoms with Crippen LogP contribution in [-0.4, -0.2) is 256 Å². The van der Waals surface area contributed by atoms with Crippen LogP contribution in [0.3, 0.4) is 0 Å². The molecule has 2 aromatic carbocycles. The number of alkyl carbamates (subject to hydrolysis) is 2. The van der Waals surface area contributed by atoms with Gasteiger partial charge in [0.25, 0.3) is 0 Å². The van der Waals surface area contributed by atoms with Gasteiger partial charge in [0.05, 0.1) is 81.1 Å². The summed E-state index contributed by atoms with van der Waals surface area (Å²) in [7, 11) is 1.29. The molecule has 718 valence electrons. The number of nitrogens with zero attached hydrogens (tertiary/aromatic N) is 7. The molecular formula is C94H126Cl2N14O20S2. The lowest BCUT2D eigenvalue weighted by atomic mass is 9.85. The number of benzene rings is 2. The monoisotopic (exact) mass is 1900 g/mol. The quantitative estimate of drug-likeness (QED) is 0.0153. The summed E-state index contributed by atoms with van der Waals surface area (Å²) >= 11 is 17.2. The Hall–Kier alpha value is -9.59. The topological polar surface area (TPSA) is 412 Å². The molecule has 38 heteroatoms. The lowest BCUT2D eigenvalue weighted by molar-refractivity contribution is -0.148. The van der Waals surface area contributed by atoms with Crippen molar-refractivity contribution in [3.8, 4) is 45.8 Å². The van der Waals surface area contributed by atoms with E-state index in [9.17, 15) is 48.3 Å². The Morgan fingerprint density at radius 1 is 0.568 bits per heavy atom. The third-order valence-corrected chi connectivity index (χ3v) is 28.9. The summed E-state index contributed by atoms with van der Waals surface area (Å²) in [5.41, 5.74) is -2.08. The summed E-state index contributed by atoms with van der Waals surface area (Å²) in [5.74, 6) is -0.297. The zero-order valence-corrected chi connectivity index (χ0v) is 81.1. The number of aliphatic carboxylic acids is 1. The van der Waals surface area contributed by atoms with E-state index in [0.717, 1.165) is 43.8 Å². The maximum absolute atomic E-state index is 15.0. The fraction of sp³-hybridized carbons (Fsp3) is 0.649. The first kappa shape index (κ1) is 97.0. The lowest BCUT2D eigenvalue weighted by Crippen LogP contribution is -2.59. The molecule has 16 rings (SSSR count). The smallest absolute Gasteiger partial charge is 0.410 e. The van der Waals surface area contributed by atoms with Crippen molar-refractivity contribution in [3.63, 3.8) is 0 Å². The van der Waals surface area contributed by atoms with Gasteiger partial charge in [0.1, 0.15) is 123 Å². The average molecular weight is 1910 g/mol. The van der Waals surface area contributed by atoms with Gasteiger partial charge in [0, 0.05) is 71.7 Å². The number of carbonyl (C=O) groups excluding carboxylic acids is 8. The minimum atomic E-state index is -1.42. The largest absolute Gasteiger partial charge is 0.490 e. The third-order valence-electron chi connectivity index (χ3n) is 26.6. The number of halogens is 2. The van der Waals surface area contributed by atoms with Crippen LogP contribution < -0.4 is 56.2 Å². The van der Waals surface area contributed by atoms with Gasteiger partial charge >= 0.3 is 30.2 Å². The average Bonchev–Trinajstić information content (AvgIpc) is 1.58. The number of morpholine rings is 2. The van der Waals surface area contributed by atoms with Gasteiger partial charge in [-0.05, 0) is 170 Å². The van der Waals surface area contributed by atoms with Crippen molar-refractivity contribution in [1.29, 1.82) is 0 Å². The number of hydrogen-bond acceptors (Lipinski definition) is 28. The number of thiazole rings is 2. The van der Waals surface area contributed by atoms with Gasteiger partial charge in [-0.15, -0.1) is 22.7 Å². The zero-order chi connectivity index (χ0) is 94.5. The van der Waals surface area contributed by atoms with Crippen molar-refractivity contribution in [2.24, 2.45) is 46.3 Å². The van der Waals surface area contributed by atoms with Crippen LogP contribution in [0.25, 0.3) is 44.6 Å². The van der Waals surface area contributed by atoms with Crippen LogP contribution in [0.5, 0.6) is 23.0 Å². The number of carbonyl (C=O) groups is 9. The van der Waals surface area contributed by atoms with Gasteiger partial charge in [-0.25, -0.2) is 43.9 Å². The van der Waals surface area contributed by atoms with Crippen molar-refractivity contribution >= 4 is 132 Å². The standard InChI is InChI=1S/C50H68ClN7O11S.C44H58ClN7O9S/c1-11-29-21-50(29,44(61)64-10)56-42(59)36-19-32(22-58(36)43(60)41(48(4,5)6)55-46(62)68-31-17-27-16-28(27)18-31)67-38-20-34(35-25-70-45(54-35)52-26(2)3)53-40-33(38)12-13-37(39(40)51)66-24-30-23-65-15-14-57(30)47(63)69-49(7,8)9;1-7-25-17-44(25,40(55)56)51-38(53)32-15-28(18-52(32)39(54)37(43(4,5)6)50-42(57)61-27-13-23-12-24(23)14-27)60-34-16-30(31-21-62-41(49-31)47-22(2)3)48-36-29(34)8-9-33(35(36)45)59-20-26-19-58-11-10-46-26/h12-13,20,25-32,36,41H,11,14-19,21-24H2,1-10H3,(H,52,54)(H,55,62)(H,56,59);8-9,16,21-28,32,37,46H,7,10-15,17-20H2,1-6H3,(H,47,49)(H,50,57)(H,51,53)(H,55,56)/t27-,28+,29-,30-,31?,32-,36+,41-,50-;23-,24+,25-,26-,27?,28-,32+,37-,44-/m11/s1. The number of anilines is 2. The van der Waals surface area contributed by atoms with Gasteiger partial charge in [0.15, 0.2) is 10.3 Å². The number of fused-ring (bicyclic) bond motifs is 4. The predicted octanol–water partition coefficient (Wildman–Crippen LogP) is 13.4. The minimum absolute atomic E-state index is 0.0107. The number of pyridine rings is 2. The molecule has 132 heavy (non-hydrogen) atoms. The van der Waals surface area contributed by atoms with Crippen molar-refractivity contribution < 1.29 is 95.6 Å². The van der Waals surface area contributed by atoms with Gasteiger partial charge < -0.3 is 99.5 Å². The van der Waals surface area contributed by atoms with Crippen LogP contribution in [0.2, 0.25) is 10.0 Å². The van der Waals surface area contributed by atoms with Crippen LogP contribution in [0, 0.1) is 46.3 Å². The zero-order valence-electron chi connectivity index (χ0n) is 78.0. The SMILES string of the molecule is CC[C@@H]1C[C@]1(NC(=O)[C@@H]1C[C@@H](Oc2cc(-c3csc(NC(C)C)n3)nc3c(Cl)c(OC[C@H]4COCCN4)ccc23)CN1C(=O)[C@@H](NC(=O)OC1C[C@@H]2C[C@@H]2C1)C(C)(C)C)C(=O)O.CC[C@@H]1C[C@]1(NC(=O)[C@@H]1C[C@@H](Oc2cc(-c3csc(NC(C)C)n3)nc3c(Cl)c(OC[C@H]4COCCN4C(=O)OC(C)(C)C)ccc23)CN1C(=O)[C@@H](NC(=O)OC1C[C@@H]2C[C@@H]2C1)C(C)(C)C)C(=O)OC. The van der Waals surface area contributed by atoms with E-state index in [1.54, 1.807) is 35.2 Å². The molecule has 8 N–H and O–H groups in total. The van der Waals surface area contributed by atoms with Crippen LogP contribution in [0.4, 0.5) is 24.6 Å². The molecule has 18 atom stereocenters. The number of carboxylic acids is 1. The van der Waals surface area contributed by atoms with E-state index >= 15 is 0 Å². The maximum Gasteiger partial charge on any atom is 0.410 e. The summed E-state index contributed by atoms with van der Waals surface area (Å²) in [6.07, 6.45) is 3.85. The van der Waals surface area contributed by atoms with Crippen LogP contribution >= 0.6 is 45.9 Å². The molecule has 8 heterocycles. The predicted molar refractivity (Wildman–Crippen MR) is 497 cm³/mol. The number of nitrogens with one attached hydrogen (secondary N) is 7. The molecule has 7 amide bonds. The molecule has 6 saturated carbocycles. The van der Waals surface area contributed by atoms with Gasteiger partial charge in [-0.2, -0.15) is 0 Å². The molecule has 6 aromatic rings. The second-order valence-electron chi connectivity index (χ2n) is 40.7. The molecule has 6 aliphatic carbocycles. The summed E-state index contributed by atoms with van der Waals surface area (Å²) in [6, 6.07) is 6.05. The fourth-order valence-electron chi connectivity index (χ4n) is 19.2. The molecule has 4 aliphatic heterocycles. The number of methoxy groups -OCH3 is 1. The molecule has 10 aliphatic rings. The number of amides is 7. The number of aromatic nitrogens is 4. The molecule has 2 unspecified atom stereocenters. The number of likely N-dealkylation sites (tertiary alicyclic amines) is 2. The molecular weight excluding hydrogens is 1780 g/mol. The van der Waals surface area contributed by atoms with E-state index in [-0.39, 0.29) is 91.4 Å². The molecule has 34 nitrogen and oxygen atoms in total. The Bertz CT molecular complexity index is 5290. The van der Waals surface area contributed by atoms with Crippen molar-refractivity contribution in [2.45, 2.75) is 270 Å². The normalized spacial score (nSPS) is 27.3. The number of rotatable bonds is 30. The molecule has 0 spiro atoms. The minimum Gasteiger partial charge on any atom is -0.490 e. The van der Waals surface area contributed by atoms with Crippen LogP contribution in [-0.2, 0) is 57.2 Å². The van der Waals surface area contributed by atoms with Crippen molar-refractivity contribution in [1.82, 2.24) is 61.2 Å². The van der Waals surface area contributed by atoms with Crippen LogP contribution in [0.1, 0.15) is 181 Å². The summed E-state index contributed by atoms with van der Waals surface area (Å²) < 4.78 is 60.0. The van der Waals surface area contributed by atoms with Crippen LogP contribution in [0.15, 0.2) is 47.2 Å². The second kappa shape index (κ2) is 39.4. The molecule has 0 radical (unpaired) electrons. The highest BCUT2D eigenvalue weighted by atomic mass is 35.5. The number of ether oxygens (including phenoxy) is 10. The molecule has 0 bridgehead atoms. The van der Waals surface area contributed by atoms with E-state index in [4.69, 9.17) is 90.5 Å². The van der Waals surface area contributed by atoms with Crippen molar-refractivity contribution in [3.05, 3.63) is 57.2 Å². The van der Waals surface area contributed by atoms with E-state index < -0.39 is 124 Å². The van der Waals surface area contributed by atoms with Crippen molar-refractivity contribution in [2.75, 3.05) is 83.6 Å². The van der Waals surface area contributed by atoms with E-state index in [0.29, 0.717) is 155 Å². The Labute approximate surface area is 787 Å². The first-order chi connectivity index (χ1) is 62.6. The van der Waals surface area contributed by atoms with Gasteiger partial charge in [-0.3, -0.25) is 24.1 Å². The first-order valence-electron chi connectivity index (χ1n) is 46.3. The second-order valence-corrected chi connectivity index (χ2v) is 43.2. The Kier molecular flexibility index (Phi) is 28.9. The third kappa shape index (κ3) is 22.2. The maximum atomic E-state index is 15.0. The summed E-state index contributed by atoms with van der Waals surface area (Å²) in [5, 5.41) is 38.5. The summed E-state index contributed by atoms with van der Waals surface area (Å²) in [4.78, 5) is 148. The lowest BCUT2D eigenvalue weighted by Gasteiger charge is -2.36. The van der Waals surface area contributed by atoms with E-state index in [2.05, 4.69) is 37.2 Å². The Balaban J connectivity index is 0.000000203. The number of esters is 1. The number of carboxylic acid groups (broad SMARTS) is 1. The Morgan fingerprint density at radius 3 is 1.44 bits per heavy atom. The highest BCUT2D eigenvalue weighted by Gasteiger charge is 2.64. The Morgan fingerprint density at radius 2 is 1.02 bits per heavy atom.